The Balaban J connectivity index is 4.00. The van der Waals surface area contributed by atoms with Crippen molar-refractivity contribution in [1.82, 2.24) is 4.90 Å². The fraction of sp³-hybridized carbons (Fsp3) is 1.00. The predicted molar refractivity (Wildman–Crippen MR) is 78.3 cm³/mol. The van der Waals surface area contributed by atoms with E-state index in [0.29, 0.717) is 6.04 Å². The molecule has 0 heterocycles. The lowest BCUT2D eigenvalue weighted by Crippen LogP contribution is -2.38. The van der Waals surface area contributed by atoms with E-state index in [0.717, 1.165) is 12.0 Å². The first-order valence-corrected chi connectivity index (χ1v) is 7.50. The van der Waals surface area contributed by atoms with Crippen LogP contribution in [0.15, 0.2) is 0 Å². The molecule has 0 spiro atoms. The van der Waals surface area contributed by atoms with Gasteiger partial charge in [-0.25, -0.2) is 0 Å². The van der Waals surface area contributed by atoms with Crippen molar-refractivity contribution in [2.24, 2.45) is 11.7 Å². The van der Waals surface area contributed by atoms with E-state index < -0.39 is 0 Å². The lowest BCUT2D eigenvalue weighted by molar-refractivity contribution is 0.162. The second-order valence-corrected chi connectivity index (χ2v) is 5.83. The maximum absolute atomic E-state index is 5.79. The molecule has 2 nitrogen and oxygen atoms in total. The van der Waals surface area contributed by atoms with Crippen molar-refractivity contribution >= 4 is 0 Å². The molecule has 0 rings (SSSR count). The van der Waals surface area contributed by atoms with Crippen LogP contribution in [0.2, 0.25) is 0 Å². The first-order valence-electron chi connectivity index (χ1n) is 7.50. The minimum absolute atomic E-state index is 0.363. The molecule has 0 aliphatic carbocycles. The van der Waals surface area contributed by atoms with Crippen molar-refractivity contribution in [3.8, 4) is 0 Å². The fourth-order valence-electron chi connectivity index (χ4n) is 2.48. The maximum Gasteiger partial charge on any atom is 0.00901 e. The summed E-state index contributed by atoms with van der Waals surface area (Å²) < 4.78 is 0. The van der Waals surface area contributed by atoms with Crippen LogP contribution in [0.5, 0.6) is 0 Å². The van der Waals surface area contributed by atoms with Crippen molar-refractivity contribution < 1.29 is 0 Å². The van der Waals surface area contributed by atoms with E-state index in [4.69, 9.17) is 5.73 Å². The van der Waals surface area contributed by atoms with Crippen molar-refractivity contribution in [3.63, 3.8) is 0 Å². The maximum atomic E-state index is 5.79. The zero-order valence-electron chi connectivity index (χ0n) is 12.7. The Labute approximate surface area is 109 Å². The Morgan fingerprint density at radius 3 is 2.00 bits per heavy atom. The van der Waals surface area contributed by atoms with Gasteiger partial charge in [-0.3, -0.25) is 0 Å². The largest absolute Gasteiger partial charge is 0.328 e. The molecule has 0 amide bonds. The van der Waals surface area contributed by atoms with E-state index in [1.54, 1.807) is 0 Å². The highest BCUT2D eigenvalue weighted by molar-refractivity contribution is 4.70. The molecule has 2 N–H and O–H groups in total. The van der Waals surface area contributed by atoms with E-state index in [-0.39, 0.29) is 0 Å². The highest BCUT2D eigenvalue weighted by Crippen LogP contribution is 2.13. The third kappa shape index (κ3) is 8.62. The van der Waals surface area contributed by atoms with Crippen molar-refractivity contribution in [1.29, 1.82) is 0 Å². The number of rotatable bonds is 10. The highest BCUT2D eigenvalue weighted by Gasteiger charge is 2.15. The van der Waals surface area contributed by atoms with E-state index in [1.165, 1.54) is 45.2 Å². The zero-order chi connectivity index (χ0) is 13.3. The average molecular weight is 242 g/mol. The molecule has 2 heteroatoms. The van der Waals surface area contributed by atoms with Gasteiger partial charge in [0.15, 0.2) is 0 Å². The van der Waals surface area contributed by atoms with E-state index >= 15 is 0 Å². The van der Waals surface area contributed by atoms with Crippen LogP contribution in [0.1, 0.15) is 66.7 Å². The Morgan fingerprint density at radius 2 is 1.59 bits per heavy atom. The van der Waals surface area contributed by atoms with Gasteiger partial charge in [0.2, 0.25) is 0 Å². The molecule has 0 radical (unpaired) electrons. The van der Waals surface area contributed by atoms with Crippen molar-refractivity contribution in [2.45, 2.75) is 78.8 Å². The van der Waals surface area contributed by atoms with Crippen LogP contribution < -0.4 is 5.73 Å². The van der Waals surface area contributed by atoms with Gasteiger partial charge in [-0.2, -0.15) is 0 Å². The van der Waals surface area contributed by atoms with Crippen molar-refractivity contribution in [2.75, 3.05) is 13.1 Å². The Bertz CT molecular complexity index is 162. The molecule has 1 unspecified atom stereocenters. The lowest BCUT2D eigenvalue weighted by Gasteiger charge is -2.32. The Kier molecular flexibility index (Phi) is 9.85. The number of nitrogens with two attached hydrogens (primary N) is 1. The summed E-state index contributed by atoms with van der Waals surface area (Å²) in [4.78, 5) is 2.69. The van der Waals surface area contributed by atoms with Gasteiger partial charge >= 0.3 is 0 Å². The van der Waals surface area contributed by atoms with Crippen LogP contribution in [-0.2, 0) is 0 Å². The van der Waals surface area contributed by atoms with E-state index in [9.17, 15) is 0 Å². The second kappa shape index (κ2) is 9.90. The standard InChI is InChI=1S/C15H34N2/c1-6-15(7-2)17(12-13(3)4)11-9-8-10-14(5)16/h13-15H,6-12,16H2,1-5H3. The van der Waals surface area contributed by atoms with Gasteiger partial charge < -0.3 is 10.6 Å². The van der Waals surface area contributed by atoms with E-state index in [1.807, 2.05) is 0 Å². The van der Waals surface area contributed by atoms with Crippen LogP contribution in [0.4, 0.5) is 0 Å². The summed E-state index contributed by atoms with van der Waals surface area (Å²) in [5.41, 5.74) is 5.79. The average Bonchev–Trinajstić information content (AvgIpc) is 2.24. The molecule has 0 bridgehead atoms. The number of hydrogen-bond donors (Lipinski definition) is 1. The van der Waals surface area contributed by atoms with E-state index in [2.05, 4.69) is 39.5 Å². The molecule has 0 fully saturated rings. The molecule has 0 aromatic rings. The van der Waals surface area contributed by atoms with Gasteiger partial charge in [0.05, 0.1) is 0 Å². The SMILES string of the molecule is CCC(CC)N(CCCCC(C)N)CC(C)C. The Hall–Kier alpha value is -0.0800. The highest BCUT2D eigenvalue weighted by atomic mass is 15.1. The molecule has 104 valence electrons. The number of hydrogen-bond acceptors (Lipinski definition) is 2. The van der Waals surface area contributed by atoms with Gasteiger partial charge in [-0.15, -0.1) is 0 Å². The summed E-state index contributed by atoms with van der Waals surface area (Å²) in [6.45, 7) is 13.8. The number of nitrogens with zero attached hydrogens (tertiary/aromatic N) is 1. The third-order valence-electron chi connectivity index (χ3n) is 3.41. The molecule has 0 aliphatic heterocycles. The first-order chi connectivity index (χ1) is 8.01. The minimum Gasteiger partial charge on any atom is -0.328 e. The molecular formula is C15H34N2. The molecule has 0 saturated carbocycles. The summed E-state index contributed by atoms with van der Waals surface area (Å²) in [7, 11) is 0. The van der Waals surface area contributed by atoms with Crippen LogP contribution in [0.25, 0.3) is 0 Å². The topological polar surface area (TPSA) is 29.3 Å². The molecule has 1 atom stereocenters. The Morgan fingerprint density at radius 1 is 1.00 bits per heavy atom. The van der Waals surface area contributed by atoms with Crippen LogP contribution in [0, 0.1) is 5.92 Å². The van der Waals surface area contributed by atoms with Gasteiger partial charge in [-0.1, -0.05) is 34.1 Å². The summed E-state index contributed by atoms with van der Waals surface area (Å²) in [5.74, 6) is 0.768. The summed E-state index contributed by atoms with van der Waals surface area (Å²) in [6.07, 6.45) is 6.28. The fourth-order valence-corrected chi connectivity index (χ4v) is 2.48. The first kappa shape index (κ1) is 16.9. The normalized spacial score (nSPS) is 13.9. The summed E-state index contributed by atoms with van der Waals surface area (Å²) in [6, 6.07) is 1.13. The van der Waals surface area contributed by atoms with Crippen LogP contribution in [0.3, 0.4) is 0 Å². The van der Waals surface area contributed by atoms with Crippen LogP contribution in [-0.4, -0.2) is 30.1 Å². The molecule has 0 aliphatic rings. The molecule has 0 aromatic heterocycles. The minimum atomic E-state index is 0.363. The van der Waals surface area contributed by atoms with Gasteiger partial charge in [-0.05, 0) is 45.1 Å². The summed E-state index contributed by atoms with van der Waals surface area (Å²) >= 11 is 0. The zero-order valence-corrected chi connectivity index (χ0v) is 12.7. The third-order valence-corrected chi connectivity index (χ3v) is 3.41. The quantitative estimate of drug-likeness (QED) is 0.593. The van der Waals surface area contributed by atoms with Crippen molar-refractivity contribution in [3.05, 3.63) is 0 Å². The monoisotopic (exact) mass is 242 g/mol. The second-order valence-electron chi connectivity index (χ2n) is 5.83. The smallest absolute Gasteiger partial charge is 0.00901 e. The predicted octanol–water partition coefficient (Wildman–Crippen LogP) is 3.65. The van der Waals surface area contributed by atoms with Crippen LogP contribution >= 0.6 is 0 Å². The lowest BCUT2D eigenvalue weighted by atomic mass is 10.1. The van der Waals surface area contributed by atoms with Gasteiger partial charge in [0.25, 0.3) is 0 Å². The molecular weight excluding hydrogens is 208 g/mol. The van der Waals surface area contributed by atoms with Gasteiger partial charge in [0, 0.05) is 18.6 Å². The molecule has 0 aromatic carbocycles. The number of unbranched alkanes of at least 4 members (excludes halogenated alkanes) is 1. The van der Waals surface area contributed by atoms with Gasteiger partial charge in [0.1, 0.15) is 0 Å². The summed E-state index contributed by atoms with van der Waals surface area (Å²) in [5, 5.41) is 0. The molecule has 0 saturated heterocycles. The molecule has 17 heavy (non-hydrogen) atoms.